The fourth-order valence-electron chi connectivity index (χ4n) is 4.30. The highest BCUT2D eigenvalue weighted by Crippen LogP contribution is 2.28. The second-order valence-electron chi connectivity index (χ2n) is 10.5. The van der Waals surface area contributed by atoms with Crippen LogP contribution in [0.15, 0.2) is 119 Å². The van der Waals surface area contributed by atoms with Gasteiger partial charge in [0.2, 0.25) is 0 Å². The number of carbonyl (C=O) groups is 1. The number of carbonyl (C=O) groups excluding carboxylic acids is 1. The summed E-state index contributed by atoms with van der Waals surface area (Å²) in [5, 5.41) is 0. The quantitative estimate of drug-likeness (QED) is 0.118. The van der Waals surface area contributed by atoms with Crippen molar-refractivity contribution in [3.05, 3.63) is 143 Å². The van der Waals surface area contributed by atoms with Crippen LogP contribution in [0.5, 0.6) is 0 Å². The average Bonchev–Trinajstić information content (AvgIpc) is 3.06. The van der Waals surface area contributed by atoms with Crippen LogP contribution in [0.1, 0.15) is 29.2 Å². The van der Waals surface area contributed by atoms with Gasteiger partial charge in [0, 0.05) is 11.1 Å². The third-order valence-corrected chi connectivity index (χ3v) is 10.4. The second-order valence-corrected chi connectivity index (χ2v) is 14.2. The summed E-state index contributed by atoms with van der Waals surface area (Å²) < 4.78 is 91.0. The van der Waals surface area contributed by atoms with Crippen molar-refractivity contribution in [3.63, 3.8) is 0 Å². The van der Waals surface area contributed by atoms with Gasteiger partial charge in [0.25, 0.3) is 20.0 Å². The predicted octanol–water partition coefficient (Wildman–Crippen LogP) is 5.77. The minimum atomic E-state index is -4.62. The first-order valence-corrected chi connectivity index (χ1v) is 17.8. The van der Waals surface area contributed by atoms with Crippen molar-refractivity contribution in [1.29, 1.82) is 0 Å². The number of benzene rings is 4. The molecule has 0 spiro atoms. The zero-order valence-corrected chi connectivity index (χ0v) is 28.5. The highest BCUT2D eigenvalue weighted by atomic mass is 32.2. The van der Waals surface area contributed by atoms with Crippen LogP contribution in [-0.4, -0.2) is 51.1 Å². The number of halogens is 2. The smallest absolute Gasteiger partial charge is 0.334 e. The molecule has 0 aliphatic carbocycles. The molecule has 0 unspecified atom stereocenters. The molecule has 0 saturated carbocycles. The Hall–Kier alpha value is -5.43. The molecule has 49 heavy (non-hydrogen) atoms. The molecule has 0 aromatic heterocycles. The van der Waals surface area contributed by atoms with Gasteiger partial charge < -0.3 is 4.74 Å². The number of hydrogen-bond donors (Lipinski definition) is 0. The zero-order chi connectivity index (χ0) is 35.6. The summed E-state index contributed by atoms with van der Waals surface area (Å²) in [7, 11) is -9.23. The Morgan fingerprint density at radius 2 is 1.02 bits per heavy atom. The van der Waals surface area contributed by atoms with Gasteiger partial charge in [0.15, 0.2) is 0 Å². The van der Waals surface area contributed by atoms with Gasteiger partial charge in [-0.3, -0.25) is 0 Å². The van der Waals surface area contributed by atoms with E-state index in [-0.39, 0.29) is 16.4 Å². The van der Waals surface area contributed by atoms with Gasteiger partial charge in [-0.25, -0.2) is 39.0 Å². The Morgan fingerprint density at radius 1 is 0.653 bits per heavy atom. The first-order chi connectivity index (χ1) is 23.3. The summed E-state index contributed by atoms with van der Waals surface area (Å²) in [6, 6.07) is 22.0. The third kappa shape index (κ3) is 9.57. The lowest BCUT2D eigenvalue weighted by Crippen LogP contribution is -2.43. The molecule has 0 bridgehead atoms. The van der Waals surface area contributed by atoms with Crippen molar-refractivity contribution >= 4 is 26.0 Å². The van der Waals surface area contributed by atoms with Crippen LogP contribution < -0.4 is 0 Å². The molecule has 0 amide bonds. The van der Waals surface area contributed by atoms with E-state index in [1.165, 1.54) is 79.7 Å². The Morgan fingerprint density at radius 3 is 1.37 bits per heavy atom. The molecule has 0 fully saturated rings. The molecule has 0 aliphatic heterocycles. The number of nitrogens with zero attached hydrogens (tertiary/aromatic N) is 2. The van der Waals surface area contributed by atoms with Crippen molar-refractivity contribution in [2.75, 3.05) is 19.7 Å². The summed E-state index contributed by atoms with van der Waals surface area (Å²) in [6.07, 6.45) is 0.764. The summed E-state index contributed by atoms with van der Waals surface area (Å²) >= 11 is 0. The topological polar surface area (TPSA) is 101 Å². The first-order valence-electron chi connectivity index (χ1n) is 14.9. The van der Waals surface area contributed by atoms with E-state index in [2.05, 4.69) is 23.7 Å². The summed E-state index contributed by atoms with van der Waals surface area (Å²) in [5.74, 6) is 8.35. The van der Waals surface area contributed by atoms with Crippen molar-refractivity contribution in [1.82, 2.24) is 8.61 Å². The van der Waals surface area contributed by atoms with Gasteiger partial charge in [-0.2, -0.15) is 0 Å². The maximum Gasteiger partial charge on any atom is 0.334 e. The summed E-state index contributed by atoms with van der Waals surface area (Å²) in [4.78, 5) is 12.6. The predicted molar refractivity (Wildman–Crippen MR) is 181 cm³/mol. The molecule has 4 aromatic rings. The van der Waals surface area contributed by atoms with Crippen LogP contribution in [0.25, 0.3) is 0 Å². The van der Waals surface area contributed by atoms with Crippen LogP contribution in [0.2, 0.25) is 0 Å². The van der Waals surface area contributed by atoms with E-state index in [9.17, 15) is 30.4 Å². The molecule has 252 valence electrons. The lowest BCUT2D eigenvalue weighted by atomic mass is 10.2. The normalized spacial score (nSPS) is 10.9. The third-order valence-electron chi connectivity index (χ3n) is 6.86. The van der Waals surface area contributed by atoms with Crippen LogP contribution in [0.4, 0.5) is 8.78 Å². The summed E-state index contributed by atoms with van der Waals surface area (Å²) in [6.45, 7) is 3.71. The van der Waals surface area contributed by atoms with Gasteiger partial charge in [-0.15, -0.1) is 0 Å². The monoisotopic (exact) mass is 702 g/mol. The molecule has 0 heterocycles. The number of sulfonamides is 2. The standard InChI is InChI=1S/C37H32F2N2O6S2/c1-4-47-37(42)27-36(40(25-5-7-30-13-17-32(38)18-14-30)48(43,44)34-21-9-28(2)10-22-34)41(26-6-8-31-15-19-33(39)20-16-31)49(45,46)35-23-11-29(3)12-24-35/h9-24,27H,4,25-26H2,1-3H3. The lowest BCUT2D eigenvalue weighted by molar-refractivity contribution is -0.137. The van der Waals surface area contributed by atoms with Crippen molar-refractivity contribution in [2.24, 2.45) is 0 Å². The van der Waals surface area contributed by atoms with Crippen LogP contribution in [-0.2, 0) is 29.6 Å². The molecule has 0 atom stereocenters. The molecule has 12 heteroatoms. The summed E-state index contributed by atoms with van der Waals surface area (Å²) in [5.41, 5.74) is 2.26. The van der Waals surface area contributed by atoms with Crippen LogP contribution in [0, 0.1) is 49.2 Å². The number of ether oxygens (including phenoxy) is 1. The second kappa shape index (κ2) is 16.1. The Balaban J connectivity index is 1.96. The van der Waals surface area contributed by atoms with E-state index in [1.54, 1.807) is 38.1 Å². The van der Waals surface area contributed by atoms with Gasteiger partial charge in [-0.1, -0.05) is 59.1 Å². The zero-order valence-electron chi connectivity index (χ0n) is 26.9. The molecule has 0 radical (unpaired) electrons. The van der Waals surface area contributed by atoms with E-state index in [0.717, 1.165) is 17.2 Å². The van der Waals surface area contributed by atoms with Crippen molar-refractivity contribution in [2.45, 2.75) is 30.6 Å². The van der Waals surface area contributed by atoms with Gasteiger partial charge in [0.1, 0.15) is 17.5 Å². The largest absolute Gasteiger partial charge is 0.463 e. The fourth-order valence-corrected chi connectivity index (χ4v) is 7.09. The maximum atomic E-state index is 14.4. The fraction of sp³-hybridized carbons (Fsp3) is 0.162. The number of rotatable bonds is 10. The highest BCUT2D eigenvalue weighted by molar-refractivity contribution is 7.90. The molecule has 8 nitrogen and oxygen atoms in total. The maximum absolute atomic E-state index is 14.4. The molecule has 4 rings (SSSR count). The van der Waals surface area contributed by atoms with Crippen molar-refractivity contribution < 1.29 is 35.1 Å². The Labute approximate surface area is 285 Å². The molecule has 0 N–H and O–H groups in total. The van der Waals surface area contributed by atoms with E-state index < -0.39 is 56.6 Å². The molecular formula is C37H32F2N2O6S2. The van der Waals surface area contributed by atoms with E-state index in [4.69, 9.17) is 4.74 Å². The van der Waals surface area contributed by atoms with Gasteiger partial charge >= 0.3 is 5.97 Å². The number of esters is 1. The first kappa shape index (κ1) is 36.4. The molecule has 0 aliphatic rings. The Bertz CT molecular complexity index is 2020. The van der Waals surface area contributed by atoms with Crippen molar-refractivity contribution in [3.8, 4) is 23.7 Å². The number of hydrogen-bond acceptors (Lipinski definition) is 6. The molecule has 0 saturated heterocycles. The lowest BCUT2D eigenvalue weighted by Gasteiger charge is -2.32. The van der Waals surface area contributed by atoms with Crippen LogP contribution >= 0.6 is 0 Å². The highest BCUT2D eigenvalue weighted by Gasteiger charge is 2.36. The van der Waals surface area contributed by atoms with Gasteiger partial charge in [0.05, 0.1) is 35.6 Å². The molecular weight excluding hydrogens is 671 g/mol. The van der Waals surface area contributed by atoms with E-state index in [0.29, 0.717) is 19.7 Å². The number of aryl methyl sites for hydroxylation is 2. The van der Waals surface area contributed by atoms with Crippen LogP contribution in [0.3, 0.4) is 0 Å². The minimum Gasteiger partial charge on any atom is -0.463 e. The average molecular weight is 703 g/mol. The van der Waals surface area contributed by atoms with E-state index in [1.807, 2.05) is 0 Å². The SMILES string of the molecule is CCOC(=O)C=C(N(CC#Cc1ccc(F)cc1)S(=O)(=O)c1ccc(C)cc1)N(CC#Cc1ccc(F)cc1)S(=O)(=O)c1ccc(C)cc1. The Kier molecular flexibility index (Phi) is 12.0. The minimum absolute atomic E-state index is 0.0905. The van der Waals surface area contributed by atoms with Gasteiger partial charge in [-0.05, 0) is 93.6 Å². The van der Waals surface area contributed by atoms with E-state index >= 15 is 0 Å². The molecule has 4 aromatic carbocycles.